The monoisotopic (exact) mass is 366 g/mol. The summed E-state index contributed by atoms with van der Waals surface area (Å²) in [5, 5.41) is 2.59. The first-order valence-corrected chi connectivity index (χ1v) is 8.16. The van der Waals surface area contributed by atoms with Crippen molar-refractivity contribution in [2.45, 2.75) is 38.4 Å². The largest absolute Gasteiger partial charge is 0.408 e. The summed E-state index contributed by atoms with van der Waals surface area (Å²) in [6.45, 7) is 1.98. The zero-order valence-corrected chi connectivity index (χ0v) is 14.0. The van der Waals surface area contributed by atoms with Crippen LogP contribution in [0.15, 0.2) is 24.8 Å². The van der Waals surface area contributed by atoms with E-state index in [-0.39, 0.29) is 30.6 Å². The molecule has 1 amide bonds. The molecule has 0 spiro atoms. The summed E-state index contributed by atoms with van der Waals surface area (Å²) in [5.74, 6) is 0.127. The number of nitrogens with zero attached hydrogens (tertiary/aromatic N) is 5. The Kier molecular flexibility index (Phi) is 5.01. The fourth-order valence-electron chi connectivity index (χ4n) is 2.74. The molecule has 1 atom stereocenters. The van der Waals surface area contributed by atoms with E-state index in [0.29, 0.717) is 24.1 Å². The van der Waals surface area contributed by atoms with Crippen molar-refractivity contribution in [3.05, 3.63) is 24.8 Å². The molecule has 2 aromatic rings. The number of carbonyl (C=O) groups excluding carboxylic acids is 1. The summed E-state index contributed by atoms with van der Waals surface area (Å²) in [6, 6.07) is -1.55. The van der Waals surface area contributed by atoms with E-state index in [1.807, 2.05) is 0 Å². The molecule has 138 valence electrons. The molecular formula is C16H17F3N6O. The highest BCUT2D eigenvalue weighted by Gasteiger charge is 2.46. The van der Waals surface area contributed by atoms with Gasteiger partial charge in [-0.1, -0.05) is 6.92 Å². The number of rotatable bonds is 4. The molecular weight excluding hydrogens is 349 g/mol. The molecule has 0 bridgehead atoms. The minimum atomic E-state index is -4.31. The first kappa shape index (κ1) is 18.0. The van der Waals surface area contributed by atoms with Gasteiger partial charge in [-0.3, -0.25) is 9.78 Å². The number of carbonyl (C=O) groups is 1. The average Bonchev–Trinajstić information content (AvgIpc) is 3.12. The Labute approximate surface area is 147 Å². The van der Waals surface area contributed by atoms with Crippen LogP contribution in [-0.4, -0.2) is 44.6 Å². The molecule has 1 unspecified atom stereocenters. The highest BCUT2D eigenvalue weighted by atomic mass is 19.4. The molecule has 1 saturated heterocycles. The predicted molar refractivity (Wildman–Crippen MR) is 88.4 cm³/mol. The third kappa shape index (κ3) is 3.89. The number of alkyl halides is 3. The van der Waals surface area contributed by atoms with E-state index in [2.05, 4.69) is 25.3 Å². The molecule has 1 N–H and O–H groups in total. The highest BCUT2D eigenvalue weighted by Crippen LogP contribution is 2.34. The zero-order chi connectivity index (χ0) is 18.7. The first-order chi connectivity index (χ1) is 12.4. The summed E-state index contributed by atoms with van der Waals surface area (Å²) in [5.41, 5.74) is 0.913. The van der Waals surface area contributed by atoms with Crippen LogP contribution in [0.5, 0.6) is 0 Å². The van der Waals surface area contributed by atoms with E-state index < -0.39 is 12.2 Å². The number of halogens is 3. The molecule has 7 nitrogen and oxygen atoms in total. The van der Waals surface area contributed by atoms with Gasteiger partial charge < -0.3 is 10.2 Å². The van der Waals surface area contributed by atoms with Crippen LogP contribution in [0.3, 0.4) is 0 Å². The van der Waals surface area contributed by atoms with Gasteiger partial charge in [0.2, 0.25) is 11.9 Å². The Morgan fingerprint density at radius 1 is 1.27 bits per heavy atom. The summed E-state index contributed by atoms with van der Waals surface area (Å²) in [7, 11) is 0. The Morgan fingerprint density at radius 2 is 2.00 bits per heavy atom. The molecule has 0 saturated carbocycles. The first-order valence-electron chi connectivity index (χ1n) is 8.16. The standard InChI is InChI=1S/C16H17F3N6O/c1-2-14(26)24-13-9-20-8-11(23-13)10-6-21-15(22-7-10)25-5-3-4-12(25)16(17,18)19/h6-9,12H,2-5H2,1H3,(H,23,24,26). The van der Waals surface area contributed by atoms with Gasteiger partial charge in [0.1, 0.15) is 6.04 Å². The van der Waals surface area contributed by atoms with Crippen molar-refractivity contribution in [2.75, 3.05) is 16.8 Å². The van der Waals surface area contributed by atoms with Gasteiger partial charge in [0.15, 0.2) is 5.82 Å². The fourth-order valence-corrected chi connectivity index (χ4v) is 2.74. The molecule has 3 rings (SSSR count). The number of nitrogens with one attached hydrogen (secondary N) is 1. The highest BCUT2D eigenvalue weighted by molar-refractivity contribution is 5.89. The molecule has 1 fully saturated rings. The summed E-state index contributed by atoms with van der Waals surface area (Å²) in [4.78, 5) is 29.0. The van der Waals surface area contributed by atoms with E-state index in [1.165, 1.54) is 29.7 Å². The topological polar surface area (TPSA) is 83.9 Å². The van der Waals surface area contributed by atoms with Crippen LogP contribution >= 0.6 is 0 Å². The third-order valence-electron chi connectivity index (χ3n) is 4.04. The molecule has 1 aliphatic heterocycles. The lowest BCUT2D eigenvalue weighted by atomic mass is 10.2. The summed E-state index contributed by atoms with van der Waals surface area (Å²) >= 11 is 0. The number of amides is 1. The molecule has 0 aliphatic carbocycles. The maximum Gasteiger partial charge on any atom is 0.408 e. The lowest BCUT2D eigenvalue weighted by molar-refractivity contribution is -0.146. The quantitative estimate of drug-likeness (QED) is 0.896. The van der Waals surface area contributed by atoms with Crippen LogP contribution in [0.25, 0.3) is 11.3 Å². The minimum Gasteiger partial charge on any atom is -0.329 e. The second-order valence-electron chi connectivity index (χ2n) is 5.86. The summed E-state index contributed by atoms with van der Waals surface area (Å²) < 4.78 is 39.2. The van der Waals surface area contributed by atoms with Gasteiger partial charge in [-0.2, -0.15) is 13.2 Å². The lowest BCUT2D eigenvalue weighted by Gasteiger charge is -2.26. The Balaban J connectivity index is 1.80. The van der Waals surface area contributed by atoms with Gasteiger partial charge in [0.25, 0.3) is 0 Å². The van der Waals surface area contributed by atoms with Gasteiger partial charge in [-0.25, -0.2) is 15.0 Å². The smallest absolute Gasteiger partial charge is 0.329 e. The van der Waals surface area contributed by atoms with Crippen molar-refractivity contribution >= 4 is 17.7 Å². The van der Waals surface area contributed by atoms with Crippen LogP contribution in [0.1, 0.15) is 26.2 Å². The molecule has 2 aromatic heterocycles. The van der Waals surface area contributed by atoms with Gasteiger partial charge in [-0.15, -0.1) is 0 Å². The number of aromatic nitrogens is 4. The number of hydrogen-bond donors (Lipinski definition) is 1. The Morgan fingerprint density at radius 3 is 2.65 bits per heavy atom. The third-order valence-corrected chi connectivity index (χ3v) is 4.04. The van der Waals surface area contributed by atoms with Crippen molar-refractivity contribution in [2.24, 2.45) is 0 Å². The predicted octanol–water partition coefficient (Wildman–Crippen LogP) is 2.81. The van der Waals surface area contributed by atoms with Crippen LogP contribution < -0.4 is 10.2 Å². The van der Waals surface area contributed by atoms with Gasteiger partial charge in [0.05, 0.1) is 18.1 Å². The van der Waals surface area contributed by atoms with Crippen LogP contribution in [0, 0.1) is 0 Å². The van der Waals surface area contributed by atoms with E-state index in [4.69, 9.17) is 0 Å². The van der Waals surface area contributed by atoms with Gasteiger partial charge in [-0.05, 0) is 12.8 Å². The molecule has 10 heteroatoms. The van der Waals surface area contributed by atoms with E-state index in [9.17, 15) is 18.0 Å². The van der Waals surface area contributed by atoms with Crippen molar-refractivity contribution in [3.8, 4) is 11.3 Å². The van der Waals surface area contributed by atoms with Crippen molar-refractivity contribution in [1.29, 1.82) is 0 Å². The van der Waals surface area contributed by atoms with Gasteiger partial charge in [0, 0.05) is 30.9 Å². The molecule has 26 heavy (non-hydrogen) atoms. The minimum absolute atomic E-state index is 0.0389. The second-order valence-corrected chi connectivity index (χ2v) is 5.86. The number of hydrogen-bond acceptors (Lipinski definition) is 6. The Bertz CT molecular complexity index is 780. The molecule has 3 heterocycles. The van der Waals surface area contributed by atoms with Crippen LogP contribution in [-0.2, 0) is 4.79 Å². The maximum atomic E-state index is 13.1. The van der Waals surface area contributed by atoms with E-state index >= 15 is 0 Å². The SMILES string of the molecule is CCC(=O)Nc1cncc(-c2cnc(N3CCCC3C(F)(F)F)nc2)n1. The summed E-state index contributed by atoms with van der Waals surface area (Å²) in [6.07, 6.45) is 2.17. The van der Waals surface area contributed by atoms with Crippen molar-refractivity contribution in [3.63, 3.8) is 0 Å². The molecule has 1 aliphatic rings. The van der Waals surface area contributed by atoms with E-state index in [0.717, 1.165) is 0 Å². The van der Waals surface area contributed by atoms with Crippen molar-refractivity contribution in [1.82, 2.24) is 19.9 Å². The van der Waals surface area contributed by atoms with Gasteiger partial charge >= 0.3 is 6.18 Å². The normalized spacial score (nSPS) is 17.4. The average molecular weight is 366 g/mol. The van der Waals surface area contributed by atoms with Crippen LogP contribution in [0.4, 0.5) is 24.9 Å². The number of anilines is 2. The van der Waals surface area contributed by atoms with Crippen LogP contribution in [0.2, 0.25) is 0 Å². The van der Waals surface area contributed by atoms with E-state index in [1.54, 1.807) is 6.92 Å². The zero-order valence-electron chi connectivity index (χ0n) is 14.0. The maximum absolute atomic E-state index is 13.1. The fraction of sp³-hybridized carbons (Fsp3) is 0.438. The molecule has 0 radical (unpaired) electrons. The lowest BCUT2D eigenvalue weighted by Crippen LogP contribution is -2.42. The van der Waals surface area contributed by atoms with Crippen molar-refractivity contribution < 1.29 is 18.0 Å². The molecule has 0 aromatic carbocycles. The second kappa shape index (κ2) is 7.22. The Hall–Kier alpha value is -2.78.